The van der Waals surface area contributed by atoms with Crippen LogP contribution in [0.25, 0.3) is 28.2 Å². The normalized spacial score (nSPS) is 11.5. The molecule has 0 fully saturated rings. The molecule has 0 saturated carbocycles. The second kappa shape index (κ2) is 11.9. The first-order valence-corrected chi connectivity index (χ1v) is 12.8. The quantitative estimate of drug-likeness (QED) is 0.120. The molecule has 0 unspecified atom stereocenters. The van der Waals surface area contributed by atoms with Gasteiger partial charge in [-0.05, 0) is 35.4 Å². The number of nitrogens with zero attached hydrogens (tertiary/aromatic N) is 3. The number of nitro groups is 1. The molecule has 42 heavy (non-hydrogen) atoms. The molecule has 5 rings (SSSR count). The van der Waals surface area contributed by atoms with Crippen LogP contribution in [-0.2, 0) is 17.4 Å². The minimum absolute atomic E-state index is 0.160. The molecule has 0 radical (unpaired) electrons. The first-order chi connectivity index (χ1) is 20.2. The number of carbonyl (C=O) groups is 1. The maximum atomic E-state index is 13.0. The van der Waals surface area contributed by atoms with Crippen LogP contribution in [0, 0.1) is 10.1 Å². The van der Waals surface area contributed by atoms with Crippen LogP contribution in [0.4, 0.5) is 18.9 Å². The molecule has 0 aliphatic heterocycles. The van der Waals surface area contributed by atoms with Crippen LogP contribution in [0.5, 0.6) is 0 Å². The number of carbonyl (C=O) groups excluding carboxylic acids is 1. The lowest BCUT2D eigenvalue weighted by molar-refractivity contribution is -0.385. The summed E-state index contributed by atoms with van der Waals surface area (Å²) in [7, 11) is 0. The molecule has 1 amide bonds. The molecule has 0 saturated heterocycles. The number of amides is 1. The summed E-state index contributed by atoms with van der Waals surface area (Å²) in [6.45, 7) is 0. The maximum Gasteiger partial charge on any atom is 0.416 e. The molecule has 1 heterocycles. The minimum Gasteiger partial charge on any atom is -0.309 e. The van der Waals surface area contributed by atoms with Gasteiger partial charge >= 0.3 is 6.18 Å². The SMILES string of the molecule is O=C(Cc1ccc(C(F)(F)F)cc1[N+](=O)[O-])NN=Cc1cc(-c2ccccc2)n(-c2ccccc2)c1-c1ccccc1. The van der Waals surface area contributed by atoms with Gasteiger partial charge in [0.05, 0.1) is 34.5 Å². The lowest BCUT2D eigenvalue weighted by Gasteiger charge is -2.15. The lowest BCUT2D eigenvalue weighted by atomic mass is 10.1. The molecule has 0 atom stereocenters. The highest BCUT2D eigenvalue weighted by Gasteiger charge is 2.33. The van der Waals surface area contributed by atoms with E-state index in [2.05, 4.69) is 15.1 Å². The van der Waals surface area contributed by atoms with Crippen LogP contribution in [0.1, 0.15) is 16.7 Å². The van der Waals surface area contributed by atoms with Crippen molar-refractivity contribution < 1.29 is 22.9 Å². The van der Waals surface area contributed by atoms with Gasteiger partial charge in [0, 0.05) is 22.9 Å². The van der Waals surface area contributed by atoms with Gasteiger partial charge < -0.3 is 4.57 Å². The molecule has 5 aromatic rings. The van der Waals surface area contributed by atoms with Crippen molar-refractivity contribution in [1.29, 1.82) is 0 Å². The van der Waals surface area contributed by atoms with Crippen LogP contribution in [-0.4, -0.2) is 21.6 Å². The van der Waals surface area contributed by atoms with Crippen molar-refractivity contribution in [3.63, 3.8) is 0 Å². The van der Waals surface area contributed by atoms with Crippen LogP contribution in [0.2, 0.25) is 0 Å². The van der Waals surface area contributed by atoms with Crippen LogP contribution >= 0.6 is 0 Å². The van der Waals surface area contributed by atoms with Gasteiger partial charge in [-0.15, -0.1) is 0 Å². The molecule has 210 valence electrons. The summed E-state index contributed by atoms with van der Waals surface area (Å²) >= 11 is 0. The Bertz CT molecular complexity index is 1750. The van der Waals surface area contributed by atoms with E-state index < -0.39 is 34.7 Å². The van der Waals surface area contributed by atoms with E-state index in [-0.39, 0.29) is 5.56 Å². The lowest BCUT2D eigenvalue weighted by Crippen LogP contribution is -2.20. The van der Waals surface area contributed by atoms with Crippen LogP contribution in [0.3, 0.4) is 0 Å². The number of benzene rings is 4. The van der Waals surface area contributed by atoms with Gasteiger partial charge in [-0.25, -0.2) is 5.43 Å². The first kappa shape index (κ1) is 28.0. The van der Waals surface area contributed by atoms with Crippen molar-refractivity contribution in [3.05, 3.63) is 142 Å². The number of nitrogens with one attached hydrogen (secondary N) is 1. The Balaban J connectivity index is 1.50. The molecule has 0 aliphatic carbocycles. The zero-order valence-electron chi connectivity index (χ0n) is 22.0. The summed E-state index contributed by atoms with van der Waals surface area (Å²) in [5, 5.41) is 15.5. The summed E-state index contributed by atoms with van der Waals surface area (Å²) in [6.07, 6.45) is -3.80. The Morgan fingerprint density at radius 2 is 1.45 bits per heavy atom. The minimum atomic E-state index is -4.75. The summed E-state index contributed by atoms with van der Waals surface area (Å²) in [4.78, 5) is 23.1. The fourth-order valence-electron chi connectivity index (χ4n) is 4.63. The van der Waals surface area contributed by atoms with Gasteiger partial charge in [-0.1, -0.05) is 84.9 Å². The largest absolute Gasteiger partial charge is 0.416 e. The van der Waals surface area contributed by atoms with Crippen molar-refractivity contribution in [2.45, 2.75) is 12.6 Å². The van der Waals surface area contributed by atoms with Crippen LogP contribution < -0.4 is 5.43 Å². The summed E-state index contributed by atoms with van der Waals surface area (Å²) in [6, 6.07) is 33.2. The summed E-state index contributed by atoms with van der Waals surface area (Å²) < 4.78 is 41.2. The second-order valence-electron chi connectivity index (χ2n) is 9.30. The van der Waals surface area contributed by atoms with Crippen molar-refractivity contribution in [3.8, 4) is 28.2 Å². The molecular formula is C32H23F3N4O3. The fraction of sp³-hybridized carbons (Fsp3) is 0.0625. The highest BCUT2D eigenvalue weighted by molar-refractivity contribution is 5.94. The van der Waals surface area contributed by atoms with Gasteiger partial charge in [0.15, 0.2) is 0 Å². The number of aromatic nitrogens is 1. The monoisotopic (exact) mass is 568 g/mol. The molecule has 10 heteroatoms. The third-order valence-electron chi connectivity index (χ3n) is 6.51. The van der Waals surface area contributed by atoms with Gasteiger partial charge in [-0.3, -0.25) is 14.9 Å². The Hall–Kier alpha value is -5.51. The zero-order chi connectivity index (χ0) is 29.7. The number of halogens is 3. The second-order valence-corrected chi connectivity index (χ2v) is 9.30. The highest BCUT2D eigenvalue weighted by Crippen LogP contribution is 2.36. The predicted octanol–water partition coefficient (Wildman–Crippen LogP) is 7.43. The fourth-order valence-corrected chi connectivity index (χ4v) is 4.63. The van der Waals surface area contributed by atoms with Gasteiger partial charge in [0.1, 0.15) is 0 Å². The number of para-hydroxylation sites is 1. The zero-order valence-corrected chi connectivity index (χ0v) is 22.0. The standard InChI is InChI=1S/C32H23F3N4O3/c33-32(34,35)26-17-16-24(29(20-26)39(41)42)19-30(40)37-36-21-25-18-28(22-10-4-1-5-11-22)38(27-14-8-3-9-15-27)31(25)23-12-6-2-7-13-23/h1-18,20-21H,19H2,(H,37,40). The molecule has 0 spiro atoms. The number of rotatable bonds is 8. The Labute approximate surface area is 238 Å². The van der Waals surface area contributed by atoms with E-state index >= 15 is 0 Å². The van der Waals surface area contributed by atoms with Gasteiger partial charge in [-0.2, -0.15) is 18.3 Å². The highest BCUT2D eigenvalue weighted by atomic mass is 19.4. The molecule has 1 aromatic heterocycles. The average Bonchev–Trinajstić information content (AvgIpc) is 3.37. The van der Waals surface area contributed by atoms with Gasteiger partial charge in [0.2, 0.25) is 5.91 Å². The summed E-state index contributed by atoms with van der Waals surface area (Å²) in [5.74, 6) is -0.721. The maximum absolute atomic E-state index is 13.0. The number of alkyl halides is 3. The van der Waals surface area contributed by atoms with Crippen molar-refractivity contribution in [2.24, 2.45) is 5.10 Å². The van der Waals surface area contributed by atoms with E-state index in [0.717, 1.165) is 34.3 Å². The Morgan fingerprint density at radius 3 is 2.05 bits per heavy atom. The van der Waals surface area contributed by atoms with E-state index in [9.17, 15) is 28.1 Å². The van der Waals surface area contributed by atoms with Crippen molar-refractivity contribution in [1.82, 2.24) is 9.99 Å². The average molecular weight is 569 g/mol. The topological polar surface area (TPSA) is 89.5 Å². The Morgan fingerprint density at radius 1 is 0.857 bits per heavy atom. The Kier molecular flexibility index (Phi) is 7.96. The number of hydrogen-bond donors (Lipinski definition) is 1. The van der Waals surface area contributed by atoms with Crippen molar-refractivity contribution >= 4 is 17.8 Å². The van der Waals surface area contributed by atoms with Crippen LogP contribution in [0.15, 0.2) is 120 Å². The molecule has 4 aromatic carbocycles. The molecule has 1 N–H and O–H groups in total. The van der Waals surface area contributed by atoms with E-state index in [0.29, 0.717) is 17.7 Å². The van der Waals surface area contributed by atoms with E-state index in [1.165, 1.54) is 6.21 Å². The van der Waals surface area contributed by atoms with E-state index in [1.54, 1.807) is 0 Å². The number of nitro benzene ring substituents is 1. The third kappa shape index (κ3) is 6.12. The van der Waals surface area contributed by atoms with Crippen molar-refractivity contribution in [2.75, 3.05) is 0 Å². The number of hydrazone groups is 1. The van der Waals surface area contributed by atoms with E-state index in [4.69, 9.17) is 0 Å². The number of hydrogen-bond acceptors (Lipinski definition) is 4. The summed E-state index contributed by atoms with van der Waals surface area (Å²) in [5.41, 5.74) is 5.39. The van der Waals surface area contributed by atoms with E-state index in [1.807, 2.05) is 97.1 Å². The smallest absolute Gasteiger partial charge is 0.309 e. The molecular weight excluding hydrogens is 545 g/mol. The van der Waals surface area contributed by atoms with Gasteiger partial charge in [0.25, 0.3) is 5.69 Å². The molecule has 0 aliphatic rings. The molecule has 0 bridgehead atoms. The third-order valence-corrected chi connectivity index (χ3v) is 6.51. The molecule has 7 nitrogen and oxygen atoms in total. The first-order valence-electron chi connectivity index (χ1n) is 12.8. The predicted molar refractivity (Wildman–Crippen MR) is 154 cm³/mol.